The summed E-state index contributed by atoms with van der Waals surface area (Å²) in [5.41, 5.74) is -1.30. The lowest BCUT2D eigenvalue weighted by Gasteiger charge is -2.38. The second-order valence-electron chi connectivity index (χ2n) is 5.43. The van der Waals surface area contributed by atoms with Crippen LogP contribution in [0.1, 0.15) is 39.5 Å². The van der Waals surface area contributed by atoms with E-state index in [-0.39, 0.29) is 12.3 Å². The highest BCUT2D eigenvalue weighted by molar-refractivity contribution is 5.77. The molecule has 0 radical (unpaired) electrons. The molecule has 2 nitrogen and oxygen atoms in total. The lowest BCUT2D eigenvalue weighted by Crippen LogP contribution is -2.49. The van der Waals surface area contributed by atoms with Gasteiger partial charge < -0.3 is 4.74 Å². The fraction of sp³-hybridized carbons (Fsp3) is 0.917. The number of hydrogen-bond acceptors (Lipinski definition) is 2. The molecule has 0 aromatic carbocycles. The molecule has 8 heteroatoms. The van der Waals surface area contributed by atoms with E-state index >= 15 is 0 Å². The highest BCUT2D eigenvalue weighted by Crippen LogP contribution is 2.44. The smallest absolute Gasteiger partial charge is 0.434 e. The van der Waals surface area contributed by atoms with Gasteiger partial charge in [-0.25, -0.2) is 0 Å². The number of carbonyl (C=O) groups is 1. The lowest BCUT2D eigenvalue weighted by atomic mass is 9.68. The first-order valence-electron chi connectivity index (χ1n) is 6.23. The van der Waals surface area contributed by atoms with Gasteiger partial charge in [-0.1, -0.05) is 19.8 Å². The molecule has 0 amide bonds. The zero-order chi connectivity index (χ0) is 15.8. The number of rotatable bonds is 2. The summed E-state index contributed by atoms with van der Waals surface area (Å²) in [7, 11) is 0. The van der Waals surface area contributed by atoms with Gasteiger partial charge in [0.25, 0.3) is 6.10 Å². The molecule has 0 heterocycles. The van der Waals surface area contributed by atoms with Gasteiger partial charge in [0.1, 0.15) is 0 Å². The van der Waals surface area contributed by atoms with Crippen LogP contribution in [0.25, 0.3) is 0 Å². The quantitative estimate of drug-likeness (QED) is 0.563. The standard InChI is InChI=1S/C12H16F6O2/c1-7-5-3-4-6-10(7,2)9(19)20-8(11(13,14)15)12(16,17)18/h7-8H,3-6H2,1-2H3. The molecule has 0 spiro atoms. The van der Waals surface area contributed by atoms with Crippen LogP contribution >= 0.6 is 0 Å². The topological polar surface area (TPSA) is 26.3 Å². The van der Waals surface area contributed by atoms with Crippen LogP contribution in [0.15, 0.2) is 0 Å². The Kier molecular flexibility index (Phi) is 4.65. The molecule has 0 aliphatic heterocycles. The molecule has 0 aromatic rings. The van der Waals surface area contributed by atoms with E-state index in [9.17, 15) is 31.1 Å². The molecule has 118 valence electrons. The largest absolute Gasteiger partial charge is 0.442 e. The Morgan fingerprint density at radius 2 is 1.65 bits per heavy atom. The Morgan fingerprint density at radius 3 is 2.05 bits per heavy atom. The van der Waals surface area contributed by atoms with Gasteiger partial charge in [0.2, 0.25) is 0 Å². The van der Waals surface area contributed by atoms with E-state index in [0.717, 1.165) is 6.42 Å². The van der Waals surface area contributed by atoms with Crippen LogP contribution in [-0.4, -0.2) is 24.4 Å². The van der Waals surface area contributed by atoms with Crippen molar-refractivity contribution in [2.75, 3.05) is 0 Å². The summed E-state index contributed by atoms with van der Waals surface area (Å²) in [4.78, 5) is 11.8. The molecule has 0 N–H and O–H groups in total. The SMILES string of the molecule is CC1CCCCC1(C)C(=O)OC(C(F)(F)F)C(F)(F)F. The second-order valence-corrected chi connectivity index (χ2v) is 5.43. The monoisotopic (exact) mass is 306 g/mol. The molecular formula is C12H16F6O2. The first-order valence-corrected chi connectivity index (χ1v) is 6.23. The summed E-state index contributed by atoms with van der Waals surface area (Å²) in [6.07, 6.45) is -13.2. The third-order valence-corrected chi connectivity index (χ3v) is 3.96. The van der Waals surface area contributed by atoms with E-state index in [4.69, 9.17) is 0 Å². The van der Waals surface area contributed by atoms with Gasteiger partial charge in [-0.2, -0.15) is 26.3 Å². The highest BCUT2D eigenvalue weighted by Gasteiger charge is 2.61. The van der Waals surface area contributed by atoms with E-state index < -0.39 is 29.8 Å². The zero-order valence-electron chi connectivity index (χ0n) is 11.1. The maximum Gasteiger partial charge on any atom is 0.434 e. The van der Waals surface area contributed by atoms with E-state index in [0.29, 0.717) is 12.8 Å². The van der Waals surface area contributed by atoms with Crippen molar-refractivity contribution in [1.82, 2.24) is 0 Å². The van der Waals surface area contributed by atoms with Gasteiger partial charge in [-0.3, -0.25) is 4.79 Å². The fourth-order valence-corrected chi connectivity index (χ4v) is 2.37. The van der Waals surface area contributed by atoms with Gasteiger partial charge in [0, 0.05) is 0 Å². The Balaban J connectivity index is 2.91. The van der Waals surface area contributed by atoms with E-state index in [1.165, 1.54) is 6.92 Å². The molecule has 20 heavy (non-hydrogen) atoms. The van der Waals surface area contributed by atoms with E-state index in [1.807, 2.05) is 0 Å². The third-order valence-electron chi connectivity index (χ3n) is 3.96. The molecule has 1 rings (SSSR count). The van der Waals surface area contributed by atoms with Crippen molar-refractivity contribution in [2.24, 2.45) is 11.3 Å². The van der Waals surface area contributed by atoms with Gasteiger partial charge >= 0.3 is 18.3 Å². The molecular weight excluding hydrogens is 290 g/mol. The predicted molar refractivity (Wildman–Crippen MR) is 57.7 cm³/mol. The van der Waals surface area contributed by atoms with Crippen molar-refractivity contribution in [2.45, 2.75) is 58.0 Å². The van der Waals surface area contributed by atoms with Crippen molar-refractivity contribution >= 4 is 5.97 Å². The van der Waals surface area contributed by atoms with Crippen LogP contribution in [0.4, 0.5) is 26.3 Å². The highest BCUT2D eigenvalue weighted by atomic mass is 19.4. The van der Waals surface area contributed by atoms with Crippen molar-refractivity contribution in [3.8, 4) is 0 Å². The molecule has 1 aliphatic rings. The zero-order valence-corrected chi connectivity index (χ0v) is 11.1. The van der Waals surface area contributed by atoms with Gasteiger partial charge in [0.15, 0.2) is 0 Å². The number of esters is 1. The molecule has 0 aromatic heterocycles. The van der Waals surface area contributed by atoms with Crippen molar-refractivity contribution in [1.29, 1.82) is 0 Å². The van der Waals surface area contributed by atoms with Gasteiger partial charge in [-0.15, -0.1) is 0 Å². The van der Waals surface area contributed by atoms with Crippen LogP contribution in [0.5, 0.6) is 0 Å². The normalized spacial score (nSPS) is 28.6. The molecule has 1 saturated carbocycles. The fourth-order valence-electron chi connectivity index (χ4n) is 2.37. The number of alkyl halides is 6. The van der Waals surface area contributed by atoms with E-state index in [1.54, 1.807) is 6.92 Å². The molecule has 0 bridgehead atoms. The Bertz CT molecular complexity index is 348. The average molecular weight is 306 g/mol. The van der Waals surface area contributed by atoms with Crippen LogP contribution in [-0.2, 0) is 9.53 Å². The lowest BCUT2D eigenvalue weighted by molar-refractivity contribution is -0.316. The number of hydrogen-bond donors (Lipinski definition) is 0. The minimum Gasteiger partial charge on any atom is -0.442 e. The number of halogens is 6. The van der Waals surface area contributed by atoms with Crippen LogP contribution in [0.3, 0.4) is 0 Å². The Labute approximate surface area is 112 Å². The maximum atomic E-state index is 12.4. The third kappa shape index (κ3) is 3.58. The second kappa shape index (κ2) is 5.44. The molecule has 2 atom stereocenters. The summed E-state index contributed by atoms with van der Waals surface area (Å²) in [6.45, 7) is 3.00. The van der Waals surface area contributed by atoms with Crippen molar-refractivity contribution in [3.05, 3.63) is 0 Å². The van der Waals surface area contributed by atoms with Gasteiger partial charge in [-0.05, 0) is 25.7 Å². The van der Waals surface area contributed by atoms with Crippen molar-refractivity contribution < 1.29 is 35.9 Å². The van der Waals surface area contributed by atoms with E-state index in [2.05, 4.69) is 4.74 Å². The maximum absolute atomic E-state index is 12.4. The number of ether oxygens (including phenoxy) is 1. The molecule has 1 aliphatic carbocycles. The summed E-state index contributed by atoms with van der Waals surface area (Å²) in [5, 5.41) is 0. The van der Waals surface area contributed by atoms with Gasteiger partial charge in [0.05, 0.1) is 5.41 Å². The van der Waals surface area contributed by atoms with Crippen molar-refractivity contribution in [3.63, 3.8) is 0 Å². The Hall–Kier alpha value is -0.950. The predicted octanol–water partition coefficient (Wildman–Crippen LogP) is 4.24. The van der Waals surface area contributed by atoms with Crippen LogP contribution in [0.2, 0.25) is 0 Å². The summed E-state index contributed by atoms with van der Waals surface area (Å²) < 4.78 is 78.0. The minimum absolute atomic E-state index is 0.232. The summed E-state index contributed by atoms with van der Waals surface area (Å²) >= 11 is 0. The summed E-state index contributed by atoms with van der Waals surface area (Å²) in [5.74, 6) is -1.74. The Morgan fingerprint density at radius 1 is 1.15 bits per heavy atom. The first kappa shape index (κ1) is 17.1. The number of carbonyl (C=O) groups excluding carboxylic acids is 1. The average Bonchev–Trinajstić information content (AvgIpc) is 2.26. The minimum atomic E-state index is -5.66. The molecule has 0 saturated heterocycles. The first-order chi connectivity index (χ1) is 8.89. The molecule has 2 unspecified atom stereocenters. The van der Waals surface area contributed by atoms with Crippen LogP contribution < -0.4 is 0 Å². The van der Waals surface area contributed by atoms with Crippen LogP contribution in [0, 0.1) is 11.3 Å². The summed E-state index contributed by atoms with van der Waals surface area (Å²) in [6, 6.07) is 0. The molecule has 1 fully saturated rings.